The molecule has 1 aliphatic heterocycles. The van der Waals surface area contributed by atoms with Gasteiger partial charge in [-0.2, -0.15) is 0 Å². The van der Waals surface area contributed by atoms with Crippen molar-refractivity contribution >= 4 is 17.5 Å². The van der Waals surface area contributed by atoms with E-state index in [2.05, 4.69) is 5.32 Å². The Hall–Kier alpha value is -2.08. The molecule has 1 N–H and O–H groups in total. The van der Waals surface area contributed by atoms with E-state index < -0.39 is 0 Å². The number of rotatable bonds is 6. The van der Waals surface area contributed by atoms with E-state index in [1.807, 2.05) is 12.1 Å². The molecule has 0 bridgehead atoms. The van der Waals surface area contributed by atoms with E-state index in [4.69, 9.17) is 9.47 Å². The molecule has 0 spiro atoms. The summed E-state index contributed by atoms with van der Waals surface area (Å²) in [5.74, 6) is 0.561. The molecule has 22 heavy (non-hydrogen) atoms. The van der Waals surface area contributed by atoms with Gasteiger partial charge in [0.15, 0.2) is 0 Å². The van der Waals surface area contributed by atoms with Gasteiger partial charge in [-0.25, -0.2) is 0 Å². The van der Waals surface area contributed by atoms with Crippen LogP contribution >= 0.6 is 0 Å². The SMILES string of the molecule is COc1ccc(N(CCNC(=O)C2CCCO2)C(C)=O)cc1. The number of amides is 2. The molecule has 0 saturated carbocycles. The average molecular weight is 306 g/mol. The van der Waals surface area contributed by atoms with Crippen molar-refractivity contribution in [2.24, 2.45) is 0 Å². The maximum absolute atomic E-state index is 11.9. The third-order valence-electron chi connectivity index (χ3n) is 3.62. The molecule has 6 nitrogen and oxygen atoms in total. The van der Waals surface area contributed by atoms with Gasteiger partial charge >= 0.3 is 0 Å². The summed E-state index contributed by atoms with van der Waals surface area (Å²) in [4.78, 5) is 25.3. The molecule has 6 heteroatoms. The summed E-state index contributed by atoms with van der Waals surface area (Å²) >= 11 is 0. The zero-order valence-electron chi connectivity index (χ0n) is 13.0. The highest BCUT2D eigenvalue weighted by Crippen LogP contribution is 2.19. The van der Waals surface area contributed by atoms with Gasteiger partial charge in [0, 0.05) is 32.3 Å². The topological polar surface area (TPSA) is 67.9 Å². The van der Waals surface area contributed by atoms with Crippen LogP contribution in [0.15, 0.2) is 24.3 Å². The molecule has 1 aliphatic rings. The molecule has 1 saturated heterocycles. The van der Waals surface area contributed by atoms with Crippen molar-refractivity contribution in [1.82, 2.24) is 5.32 Å². The van der Waals surface area contributed by atoms with Gasteiger partial charge in [-0.1, -0.05) is 0 Å². The van der Waals surface area contributed by atoms with Gasteiger partial charge in [0.25, 0.3) is 0 Å². The Labute approximate surface area is 130 Å². The Morgan fingerprint density at radius 2 is 2.09 bits per heavy atom. The number of methoxy groups -OCH3 is 1. The van der Waals surface area contributed by atoms with Crippen LogP contribution < -0.4 is 15.0 Å². The van der Waals surface area contributed by atoms with E-state index in [0.717, 1.165) is 24.3 Å². The van der Waals surface area contributed by atoms with Gasteiger partial charge in [0.2, 0.25) is 11.8 Å². The van der Waals surface area contributed by atoms with Crippen LogP contribution in [0.2, 0.25) is 0 Å². The minimum atomic E-state index is -0.341. The number of carbonyl (C=O) groups is 2. The normalized spacial score (nSPS) is 17.1. The van der Waals surface area contributed by atoms with Crippen LogP contribution in [0, 0.1) is 0 Å². The van der Waals surface area contributed by atoms with E-state index >= 15 is 0 Å². The van der Waals surface area contributed by atoms with E-state index in [0.29, 0.717) is 19.7 Å². The maximum Gasteiger partial charge on any atom is 0.249 e. The summed E-state index contributed by atoms with van der Waals surface area (Å²) in [6.07, 6.45) is 1.34. The smallest absolute Gasteiger partial charge is 0.249 e. The average Bonchev–Trinajstić information content (AvgIpc) is 3.06. The first-order valence-electron chi connectivity index (χ1n) is 7.43. The van der Waals surface area contributed by atoms with Crippen LogP contribution in [0.3, 0.4) is 0 Å². The fraction of sp³-hybridized carbons (Fsp3) is 0.500. The largest absolute Gasteiger partial charge is 0.497 e. The second kappa shape index (κ2) is 7.79. The molecule has 1 unspecified atom stereocenters. The van der Waals surface area contributed by atoms with E-state index in [1.165, 1.54) is 6.92 Å². The second-order valence-electron chi connectivity index (χ2n) is 5.16. The molecule has 0 radical (unpaired) electrons. The lowest BCUT2D eigenvalue weighted by Crippen LogP contribution is -2.41. The van der Waals surface area contributed by atoms with E-state index in [-0.39, 0.29) is 17.9 Å². The highest BCUT2D eigenvalue weighted by molar-refractivity contribution is 5.91. The Bertz CT molecular complexity index is 509. The third kappa shape index (κ3) is 4.21. The number of ether oxygens (including phenoxy) is 2. The second-order valence-corrected chi connectivity index (χ2v) is 5.16. The summed E-state index contributed by atoms with van der Waals surface area (Å²) in [6, 6.07) is 7.25. The molecular weight excluding hydrogens is 284 g/mol. The number of anilines is 1. The molecular formula is C16H22N2O4. The molecule has 1 heterocycles. The zero-order valence-corrected chi connectivity index (χ0v) is 13.0. The minimum absolute atomic E-state index is 0.0727. The Balaban J connectivity index is 1.88. The van der Waals surface area contributed by atoms with Gasteiger partial charge in [0.1, 0.15) is 11.9 Å². The number of benzene rings is 1. The van der Waals surface area contributed by atoms with Gasteiger partial charge in [-0.15, -0.1) is 0 Å². The monoisotopic (exact) mass is 306 g/mol. The summed E-state index contributed by atoms with van der Waals surface area (Å²) in [7, 11) is 1.60. The van der Waals surface area contributed by atoms with Crippen molar-refractivity contribution in [1.29, 1.82) is 0 Å². The van der Waals surface area contributed by atoms with Gasteiger partial charge < -0.3 is 19.7 Å². The van der Waals surface area contributed by atoms with Gasteiger partial charge in [-0.3, -0.25) is 9.59 Å². The van der Waals surface area contributed by atoms with Crippen molar-refractivity contribution in [2.75, 3.05) is 31.7 Å². The molecule has 0 aromatic heterocycles. The molecule has 1 fully saturated rings. The fourth-order valence-electron chi connectivity index (χ4n) is 2.42. The molecule has 0 aliphatic carbocycles. The standard InChI is InChI=1S/C16H22N2O4/c1-12(19)18(13-5-7-14(21-2)8-6-13)10-9-17-16(20)15-4-3-11-22-15/h5-8,15H,3-4,9-11H2,1-2H3,(H,17,20). The Morgan fingerprint density at radius 3 is 2.64 bits per heavy atom. The fourth-order valence-corrected chi connectivity index (χ4v) is 2.42. The summed E-state index contributed by atoms with van der Waals surface area (Å²) in [5.41, 5.74) is 0.777. The van der Waals surface area contributed by atoms with Crippen molar-refractivity contribution in [2.45, 2.75) is 25.9 Å². The lowest BCUT2D eigenvalue weighted by Gasteiger charge is -2.22. The minimum Gasteiger partial charge on any atom is -0.497 e. The number of hydrogen-bond donors (Lipinski definition) is 1. The maximum atomic E-state index is 11.9. The molecule has 1 atom stereocenters. The van der Waals surface area contributed by atoms with Crippen LogP contribution in [0.4, 0.5) is 5.69 Å². The number of nitrogens with one attached hydrogen (secondary N) is 1. The number of carbonyl (C=O) groups excluding carboxylic acids is 2. The van der Waals surface area contributed by atoms with Crippen molar-refractivity contribution < 1.29 is 19.1 Å². The van der Waals surface area contributed by atoms with E-state index in [1.54, 1.807) is 24.1 Å². The van der Waals surface area contributed by atoms with Crippen molar-refractivity contribution in [3.05, 3.63) is 24.3 Å². The summed E-state index contributed by atoms with van der Waals surface area (Å²) < 4.78 is 10.4. The van der Waals surface area contributed by atoms with Crippen LogP contribution in [-0.2, 0) is 14.3 Å². The Morgan fingerprint density at radius 1 is 1.36 bits per heavy atom. The van der Waals surface area contributed by atoms with Gasteiger partial charge in [-0.05, 0) is 37.1 Å². The van der Waals surface area contributed by atoms with Crippen LogP contribution in [0.5, 0.6) is 5.75 Å². The highest BCUT2D eigenvalue weighted by Gasteiger charge is 2.23. The summed E-state index contributed by atoms with van der Waals surface area (Å²) in [5, 5.41) is 2.82. The summed E-state index contributed by atoms with van der Waals surface area (Å²) in [6.45, 7) is 2.96. The first kappa shape index (κ1) is 16.3. The van der Waals surface area contributed by atoms with Gasteiger partial charge in [0.05, 0.1) is 7.11 Å². The van der Waals surface area contributed by atoms with E-state index in [9.17, 15) is 9.59 Å². The first-order chi connectivity index (χ1) is 10.6. The third-order valence-corrected chi connectivity index (χ3v) is 3.62. The lowest BCUT2D eigenvalue weighted by atomic mass is 10.2. The van der Waals surface area contributed by atoms with Crippen molar-refractivity contribution in [3.8, 4) is 5.75 Å². The molecule has 2 amide bonds. The highest BCUT2D eigenvalue weighted by atomic mass is 16.5. The zero-order chi connectivity index (χ0) is 15.9. The molecule has 2 rings (SSSR count). The van der Waals surface area contributed by atoms with Crippen molar-refractivity contribution in [3.63, 3.8) is 0 Å². The van der Waals surface area contributed by atoms with Crippen LogP contribution in [-0.4, -0.2) is 44.7 Å². The number of nitrogens with zero attached hydrogens (tertiary/aromatic N) is 1. The quantitative estimate of drug-likeness (QED) is 0.861. The molecule has 1 aromatic carbocycles. The van der Waals surface area contributed by atoms with Crippen LogP contribution in [0.1, 0.15) is 19.8 Å². The predicted octanol–water partition coefficient (Wildman–Crippen LogP) is 1.34. The van der Waals surface area contributed by atoms with Crippen LogP contribution in [0.25, 0.3) is 0 Å². The molecule has 1 aromatic rings. The Kier molecular flexibility index (Phi) is 5.77. The first-order valence-corrected chi connectivity index (χ1v) is 7.43. The molecule has 120 valence electrons. The predicted molar refractivity (Wildman–Crippen MR) is 83.0 cm³/mol. The lowest BCUT2D eigenvalue weighted by molar-refractivity contribution is -0.130. The number of hydrogen-bond acceptors (Lipinski definition) is 4.